The largest absolute Gasteiger partial charge is 0.368 e. The second-order valence-corrected chi connectivity index (χ2v) is 5.95. The minimum absolute atomic E-state index is 0.509. The van der Waals surface area contributed by atoms with Gasteiger partial charge >= 0.3 is 0 Å². The van der Waals surface area contributed by atoms with E-state index in [1.54, 1.807) is 0 Å². The molecule has 0 amide bonds. The van der Waals surface area contributed by atoms with Gasteiger partial charge in [-0.1, -0.05) is 59.0 Å². The Hall–Kier alpha value is -0.700. The van der Waals surface area contributed by atoms with Gasteiger partial charge < -0.3 is 15.5 Å². The average Bonchev–Trinajstić information content (AvgIpc) is 2.77. The van der Waals surface area contributed by atoms with Gasteiger partial charge in [-0.05, 0) is 26.3 Å². The fourth-order valence-corrected chi connectivity index (χ4v) is 2.98. The standard InChI is InChI=1S/C16H33N3.C2H6/c1-5-19(4)14(2)18-16(13-17-3)12-15-10-8-6-7-9-11-15;1-2/h15-18H,2,5-13H2,1,3-4H3;1-2H3/t16-;/m0./s1. The Kier molecular flexibility index (Phi) is 12.6. The van der Waals surface area contributed by atoms with Crippen LogP contribution in [0.2, 0.25) is 0 Å². The molecule has 0 aromatic carbocycles. The summed E-state index contributed by atoms with van der Waals surface area (Å²) in [6, 6.07) is 0.509. The molecule has 1 saturated carbocycles. The van der Waals surface area contributed by atoms with Crippen LogP contribution in [-0.4, -0.2) is 38.1 Å². The maximum atomic E-state index is 4.15. The average molecular weight is 298 g/mol. The molecule has 1 atom stereocenters. The summed E-state index contributed by atoms with van der Waals surface area (Å²) in [4.78, 5) is 2.18. The van der Waals surface area contributed by atoms with E-state index >= 15 is 0 Å². The molecule has 0 heterocycles. The van der Waals surface area contributed by atoms with Gasteiger partial charge in [0.15, 0.2) is 0 Å². The molecular formula is C18H39N3. The minimum atomic E-state index is 0.509. The summed E-state index contributed by atoms with van der Waals surface area (Å²) in [5.41, 5.74) is 0. The number of nitrogens with zero attached hydrogens (tertiary/aromatic N) is 1. The van der Waals surface area contributed by atoms with Crippen LogP contribution in [0.4, 0.5) is 0 Å². The lowest BCUT2D eigenvalue weighted by Crippen LogP contribution is -2.42. The van der Waals surface area contributed by atoms with Gasteiger partial charge in [0.05, 0.1) is 5.82 Å². The first-order valence-corrected chi connectivity index (χ1v) is 8.98. The Morgan fingerprint density at radius 2 is 1.76 bits per heavy atom. The zero-order chi connectivity index (χ0) is 16.1. The van der Waals surface area contributed by atoms with Crippen molar-refractivity contribution in [3.8, 4) is 0 Å². The summed E-state index contributed by atoms with van der Waals surface area (Å²) >= 11 is 0. The lowest BCUT2D eigenvalue weighted by molar-refractivity contribution is 0.323. The van der Waals surface area contributed by atoms with Crippen molar-refractivity contribution >= 4 is 0 Å². The van der Waals surface area contributed by atoms with E-state index in [1.165, 1.54) is 44.9 Å². The van der Waals surface area contributed by atoms with Gasteiger partial charge in [0.25, 0.3) is 0 Å². The zero-order valence-electron chi connectivity index (χ0n) is 15.2. The molecule has 1 fully saturated rings. The lowest BCUT2D eigenvalue weighted by Gasteiger charge is -2.29. The van der Waals surface area contributed by atoms with Gasteiger partial charge in [-0.2, -0.15) is 0 Å². The summed E-state index contributed by atoms with van der Waals surface area (Å²) in [5, 5.41) is 6.92. The second-order valence-electron chi connectivity index (χ2n) is 5.95. The summed E-state index contributed by atoms with van der Waals surface area (Å²) < 4.78 is 0. The smallest absolute Gasteiger partial charge is 0.0938 e. The topological polar surface area (TPSA) is 27.3 Å². The number of rotatable bonds is 8. The molecule has 0 saturated heterocycles. The summed E-state index contributed by atoms with van der Waals surface area (Å²) in [7, 11) is 4.13. The van der Waals surface area contributed by atoms with Crippen molar-refractivity contribution in [1.29, 1.82) is 0 Å². The fraction of sp³-hybridized carbons (Fsp3) is 0.889. The number of hydrogen-bond donors (Lipinski definition) is 2. The molecule has 2 N–H and O–H groups in total. The van der Waals surface area contributed by atoms with Gasteiger partial charge in [0.1, 0.15) is 0 Å². The van der Waals surface area contributed by atoms with Gasteiger partial charge in [-0.25, -0.2) is 0 Å². The van der Waals surface area contributed by atoms with Crippen molar-refractivity contribution in [2.24, 2.45) is 5.92 Å². The van der Waals surface area contributed by atoms with Crippen LogP contribution in [-0.2, 0) is 0 Å². The van der Waals surface area contributed by atoms with E-state index in [-0.39, 0.29) is 0 Å². The predicted octanol–water partition coefficient (Wildman–Crippen LogP) is 3.97. The first-order valence-electron chi connectivity index (χ1n) is 8.98. The number of hydrogen-bond acceptors (Lipinski definition) is 3. The molecular weight excluding hydrogens is 258 g/mol. The number of likely N-dealkylation sites (N-methyl/N-ethyl adjacent to an activating group) is 1. The van der Waals surface area contributed by atoms with Crippen molar-refractivity contribution in [1.82, 2.24) is 15.5 Å². The minimum Gasteiger partial charge on any atom is -0.368 e. The predicted molar refractivity (Wildman–Crippen MR) is 95.5 cm³/mol. The monoisotopic (exact) mass is 297 g/mol. The van der Waals surface area contributed by atoms with Crippen LogP contribution < -0.4 is 10.6 Å². The van der Waals surface area contributed by atoms with Gasteiger partial charge in [0.2, 0.25) is 0 Å². The Labute approximate surface area is 133 Å². The van der Waals surface area contributed by atoms with E-state index in [1.807, 2.05) is 20.9 Å². The first-order chi connectivity index (χ1) is 10.2. The van der Waals surface area contributed by atoms with Crippen molar-refractivity contribution < 1.29 is 0 Å². The third kappa shape index (κ3) is 9.02. The lowest BCUT2D eigenvalue weighted by atomic mass is 9.92. The SMILES string of the molecule is C=C(N[C@H](CNC)CC1CCCCCC1)N(C)CC.CC. The Morgan fingerprint density at radius 3 is 2.24 bits per heavy atom. The molecule has 1 aliphatic rings. The van der Waals surface area contributed by atoms with E-state index in [0.717, 1.165) is 24.8 Å². The fourth-order valence-electron chi connectivity index (χ4n) is 2.98. The molecule has 3 heteroatoms. The Morgan fingerprint density at radius 1 is 1.19 bits per heavy atom. The van der Waals surface area contributed by atoms with Crippen LogP contribution in [0.15, 0.2) is 12.4 Å². The molecule has 0 spiro atoms. The molecule has 21 heavy (non-hydrogen) atoms. The quantitative estimate of drug-likeness (QED) is 0.664. The van der Waals surface area contributed by atoms with Crippen molar-refractivity contribution in [2.75, 3.05) is 27.2 Å². The Balaban J connectivity index is 0.00000191. The molecule has 3 nitrogen and oxygen atoms in total. The molecule has 0 aliphatic heterocycles. The van der Waals surface area contributed by atoms with Gasteiger partial charge in [-0.15, -0.1) is 0 Å². The van der Waals surface area contributed by atoms with E-state index < -0.39 is 0 Å². The molecule has 1 aliphatic carbocycles. The van der Waals surface area contributed by atoms with Crippen LogP contribution in [0.25, 0.3) is 0 Å². The van der Waals surface area contributed by atoms with Crippen LogP contribution in [0.5, 0.6) is 0 Å². The number of nitrogens with one attached hydrogen (secondary N) is 2. The van der Waals surface area contributed by atoms with E-state index in [4.69, 9.17) is 0 Å². The molecule has 0 aromatic rings. The highest BCUT2D eigenvalue weighted by Gasteiger charge is 2.18. The van der Waals surface area contributed by atoms with Crippen LogP contribution in [0, 0.1) is 5.92 Å². The van der Waals surface area contributed by atoms with E-state index in [2.05, 4.69) is 36.1 Å². The molecule has 0 aromatic heterocycles. The van der Waals surface area contributed by atoms with E-state index in [9.17, 15) is 0 Å². The highest BCUT2D eigenvalue weighted by molar-refractivity contribution is 4.93. The van der Waals surface area contributed by atoms with Gasteiger partial charge in [0, 0.05) is 26.2 Å². The second kappa shape index (κ2) is 13.0. The molecule has 0 radical (unpaired) electrons. The maximum absolute atomic E-state index is 4.15. The highest BCUT2D eigenvalue weighted by Crippen LogP contribution is 2.26. The Bertz CT molecular complexity index is 245. The van der Waals surface area contributed by atoms with E-state index in [0.29, 0.717) is 6.04 Å². The maximum Gasteiger partial charge on any atom is 0.0938 e. The van der Waals surface area contributed by atoms with Crippen molar-refractivity contribution in [3.05, 3.63) is 12.4 Å². The summed E-state index contributed by atoms with van der Waals surface area (Å²) in [6.07, 6.45) is 9.82. The molecule has 1 rings (SSSR count). The first kappa shape index (κ1) is 20.3. The molecule has 126 valence electrons. The third-order valence-electron chi connectivity index (χ3n) is 4.35. The third-order valence-corrected chi connectivity index (χ3v) is 4.35. The van der Waals surface area contributed by atoms with Crippen LogP contribution in [0.1, 0.15) is 65.7 Å². The van der Waals surface area contributed by atoms with Crippen molar-refractivity contribution in [3.63, 3.8) is 0 Å². The van der Waals surface area contributed by atoms with Crippen molar-refractivity contribution in [2.45, 2.75) is 71.8 Å². The van der Waals surface area contributed by atoms with Gasteiger partial charge in [-0.3, -0.25) is 0 Å². The van der Waals surface area contributed by atoms with Crippen LogP contribution >= 0.6 is 0 Å². The van der Waals surface area contributed by atoms with Crippen LogP contribution in [0.3, 0.4) is 0 Å². The molecule has 0 unspecified atom stereocenters. The zero-order valence-corrected chi connectivity index (χ0v) is 15.2. The summed E-state index contributed by atoms with van der Waals surface area (Å²) in [6.45, 7) is 12.3. The highest BCUT2D eigenvalue weighted by atomic mass is 15.2. The summed E-state index contributed by atoms with van der Waals surface area (Å²) in [5.74, 6) is 1.95. The molecule has 0 bridgehead atoms. The normalized spacial score (nSPS) is 17.2.